The van der Waals surface area contributed by atoms with Crippen LogP contribution in [0.15, 0.2) is 29.3 Å². The number of carbonyl (C=O) groups excluding carboxylic acids is 1. The summed E-state index contributed by atoms with van der Waals surface area (Å²) < 4.78 is 5.13. The molecule has 0 bridgehead atoms. The van der Waals surface area contributed by atoms with E-state index in [1.54, 1.807) is 14.2 Å². The van der Waals surface area contributed by atoms with Gasteiger partial charge in [-0.3, -0.25) is 9.79 Å². The molecule has 0 fully saturated rings. The Balaban J connectivity index is 0.00000784. The lowest BCUT2D eigenvalue weighted by Crippen LogP contribution is -2.46. The Bertz CT molecular complexity index is 591. The SMILES string of the molecule is CCN(CC)CCCC(C)NC(=NC)NCC(=O)NCc1ccc(OC)cc1.I. The lowest BCUT2D eigenvalue weighted by Gasteiger charge is -2.21. The average Bonchev–Trinajstić information content (AvgIpc) is 2.73. The summed E-state index contributed by atoms with van der Waals surface area (Å²) in [6.07, 6.45) is 2.19. The van der Waals surface area contributed by atoms with Gasteiger partial charge in [0.15, 0.2) is 5.96 Å². The quantitative estimate of drug-likeness (QED) is 0.225. The molecule has 29 heavy (non-hydrogen) atoms. The summed E-state index contributed by atoms with van der Waals surface area (Å²) in [6, 6.07) is 7.93. The zero-order valence-corrected chi connectivity index (χ0v) is 20.8. The molecule has 1 amide bonds. The van der Waals surface area contributed by atoms with Crippen molar-refractivity contribution in [1.82, 2.24) is 20.9 Å². The van der Waals surface area contributed by atoms with E-state index < -0.39 is 0 Å². The number of aliphatic imine (C=N–C) groups is 1. The number of rotatable bonds is 12. The fraction of sp³-hybridized carbons (Fsp3) is 0.619. The Kier molecular flexibility index (Phi) is 15.4. The maximum Gasteiger partial charge on any atom is 0.239 e. The number of carbonyl (C=O) groups is 1. The highest BCUT2D eigenvalue weighted by atomic mass is 127. The molecule has 1 atom stereocenters. The van der Waals surface area contributed by atoms with Crippen LogP contribution in [0.3, 0.4) is 0 Å². The predicted octanol–water partition coefficient (Wildman–Crippen LogP) is 2.60. The van der Waals surface area contributed by atoms with Gasteiger partial charge in [0.1, 0.15) is 5.75 Å². The Hall–Kier alpha value is -1.55. The highest BCUT2D eigenvalue weighted by Gasteiger charge is 2.08. The minimum Gasteiger partial charge on any atom is -0.497 e. The molecule has 0 saturated heterocycles. The van der Waals surface area contributed by atoms with Gasteiger partial charge in [0.2, 0.25) is 5.91 Å². The predicted molar refractivity (Wildman–Crippen MR) is 131 cm³/mol. The van der Waals surface area contributed by atoms with E-state index in [2.05, 4.69) is 46.6 Å². The van der Waals surface area contributed by atoms with Crippen LogP contribution in [0.25, 0.3) is 0 Å². The number of nitrogens with zero attached hydrogens (tertiary/aromatic N) is 2. The van der Waals surface area contributed by atoms with Gasteiger partial charge in [0, 0.05) is 19.6 Å². The van der Waals surface area contributed by atoms with E-state index in [4.69, 9.17) is 4.74 Å². The summed E-state index contributed by atoms with van der Waals surface area (Å²) in [6.45, 7) is 10.5. The number of benzene rings is 1. The van der Waals surface area contributed by atoms with Crippen LogP contribution < -0.4 is 20.7 Å². The molecular weight excluding hydrogens is 481 g/mol. The van der Waals surface area contributed by atoms with Crippen molar-refractivity contribution in [2.24, 2.45) is 4.99 Å². The second-order valence-electron chi connectivity index (χ2n) is 6.77. The Morgan fingerprint density at radius 2 is 1.83 bits per heavy atom. The third kappa shape index (κ3) is 11.9. The van der Waals surface area contributed by atoms with E-state index in [1.807, 2.05) is 24.3 Å². The molecule has 8 heteroatoms. The molecule has 0 aromatic heterocycles. The van der Waals surface area contributed by atoms with Crippen molar-refractivity contribution in [2.45, 2.75) is 46.2 Å². The first-order chi connectivity index (χ1) is 13.5. The molecule has 0 heterocycles. The molecule has 1 aromatic rings. The molecular formula is C21H38IN5O2. The first-order valence-corrected chi connectivity index (χ1v) is 10.1. The second-order valence-corrected chi connectivity index (χ2v) is 6.77. The average molecular weight is 519 g/mol. The topological polar surface area (TPSA) is 78.0 Å². The van der Waals surface area contributed by atoms with E-state index in [9.17, 15) is 4.79 Å². The molecule has 1 rings (SSSR count). The standard InChI is InChI=1S/C21H37N5O2.HI/c1-6-26(7-2)14-8-9-17(3)25-21(22-4)24-16-20(27)23-15-18-10-12-19(28-5)13-11-18;/h10-13,17H,6-9,14-16H2,1-5H3,(H,23,27)(H2,22,24,25);1H. The van der Waals surface area contributed by atoms with Crippen molar-refractivity contribution in [2.75, 3.05) is 40.3 Å². The van der Waals surface area contributed by atoms with Crippen molar-refractivity contribution >= 4 is 35.8 Å². The maximum atomic E-state index is 12.1. The van der Waals surface area contributed by atoms with Gasteiger partial charge >= 0.3 is 0 Å². The molecule has 0 aliphatic heterocycles. The van der Waals surface area contributed by atoms with Crippen LogP contribution in [-0.2, 0) is 11.3 Å². The Morgan fingerprint density at radius 1 is 1.17 bits per heavy atom. The highest BCUT2D eigenvalue weighted by molar-refractivity contribution is 14.0. The van der Waals surface area contributed by atoms with E-state index in [0.29, 0.717) is 18.5 Å². The maximum absolute atomic E-state index is 12.1. The third-order valence-corrected chi connectivity index (χ3v) is 4.68. The minimum atomic E-state index is -0.0760. The van der Waals surface area contributed by atoms with E-state index in [0.717, 1.165) is 43.8 Å². The minimum absolute atomic E-state index is 0. The van der Waals surface area contributed by atoms with Crippen LogP contribution in [-0.4, -0.2) is 63.1 Å². The molecule has 1 unspecified atom stereocenters. The smallest absolute Gasteiger partial charge is 0.239 e. The number of halogens is 1. The number of hydrogen-bond acceptors (Lipinski definition) is 4. The Labute approximate surface area is 193 Å². The van der Waals surface area contributed by atoms with Gasteiger partial charge in [0.05, 0.1) is 13.7 Å². The van der Waals surface area contributed by atoms with Crippen LogP contribution >= 0.6 is 24.0 Å². The van der Waals surface area contributed by atoms with Crippen molar-refractivity contribution in [3.63, 3.8) is 0 Å². The van der Waals surface area contributed by atoms with Gasteiger partial charge < -0.3 is 25.6 Å². The molecule has 0 saturated carbocycles. The second kappa shape index (κ2) is 16.3. The molecule has 3 N–H and O–H groups in total. The summed E-state index contributed by atoms with van der Waals surface area (Å²) in [5.41, 5.74) is 1.03. The Morgan fingerprint density at radius 3 is 2.38 bits per heavy atom. The molecule has 0 radical (unpaired) electrons. The molecule has 166 valence electrons. The number of hydrogen-bond donors (Lipinski definition) is 3. The van der Waals surface area contributed by atoms with E-state index in [1.165, 1.54) is 0 Å². The highest BCUT2D eigenvalue weighted by Crippen LogP contribution is 2.10. The van der Waals surface area contributed by atoms with Crippen LogP contribution in [0.4, 0.5) is 0 Å². The number of methoxy groups -OCH3 is 1. The number of ether oxygens (including phenoxy) is 1. The van der Waals surface area contributed by atoms with Gasteiger partial charge in [-0.2, -0.15) is 0 Å². The van der Waals surface area contributed by atoms with E-state index >= 15 is 0 Å². The number of guanidine groups is 1. The summed E-state index contributed by atoms with van der Waals surface area (Å²) in [7, 11) is 3.35. The van der Waals surface area contributed by atoms with Crippen LogP contribution in [0.5, 0.6) is 5.75 Å². The molecule has 0 aliphatic rings. The summed E-state index contributed by atoms with van der Waals surface area (Å²) >= 11 is 0. The summed E-state index contributed by atoms with van der Waals surface area (Å²) in [5.74, 6) is 1.38. The van der Waals surface area contributed by atoms with Gasteiger partial charge in [0.25, 0.3) is 0 Å². The zero-order valence-electron chi connectivity index (χ0n) is 18.5. The van der Waals surface area contributed by atoms with Crippen molar-refractivity contribution in [3.8, 4) is 5.75 Å². The fourth-order valence-electron chi connectivity index (χ4n) is 2.83. The van der Waals surface area contributed by atoms with Gasteiger partial charge in [-0.15, -0.1) is 24.0 Å². The van der Waals surface area contributed by atoms with Crippen LogP contribution in [0.1, 0.15) is 39.2 Å². The van der Waals surface area contributed by atoms with Gasteiger partial charge in [-0.25, -0.2) is 0 Å². The number of amides is 1. The molecule has 1 aromatic carbocycles. The van der Waals surface area contributed by atoms with Crippen LogP contribution in [0, 0.1) is 0 Å². The summed E-state index contributed by atoms with van der Waals surface area (Å²) in [4.78, 5) is 18.7. The monoisotopic (exact) mass is 519 g/mol. The number of nitrogens with one attached hydrogen (secondary N) is 3. The van der Waals surface area contributed by atoms with Crippen molar-refractivity contribution in [3.05, 3.63) is 29.8 Å². The fourth-order valence-corrected chi connectivity index (χ4v) is 2.83. The van der Waals surface area contributed by atoms with E-state index in [-0.39, 0.29) is 36.4 Å². The van der Waals surface area contributed by atoms with Crippen LogP contribution in [0.2, 0.25) is 0 Å². The van der Waals surface area contributed by atoms with Gasteiger partial charge in [-0.05, 0) is 57.1 Å². The largest absolute Gasteiger partial charge is 0.497 e. The first kappa shape index (κ1) is 27.5. The van der Waals surface area contributed by atoms with Crippen molar-refractivity contribution in [1.29, 1.82) is 0 Å². The zero-order chi connectivity index (χ0) is 20.8. The third-order valence-electron chi connectivity index (χ3n) is 4.68. The lowest BCUT2D eigenvalue weighted by molar-refractivity contribution is -0.120. The molecule has 0 spiro atoms. The normalized spacial score (nSPS) is 12.1. The summed E-state index contributed by atoms with van der Waals surface area (Å²) in [5, 5.41) is 9.32. The first-order valence-electron chi connectivity index (χ1n) is 10.1. The molecule has 7 nitrogen and oxygen atoms in total. The van der Waals surface area contributed by atoms with Gasteiger partial charge in [-0.1, -0.05) is 26.0 Å². The van der Waals surface area contributed by atoms with Crippen molar-refractivity contribution < 1.29 is 9.53 Å². The molecule has 0 aliphatic carbocycles. The lowest BCUT2D eigenvalue weighted by atomic mass is 10.2.